The Balaban J connectivity index is 2.14. The van der Waals surface area contributed by atoms with Gasteiger partial charge in [-0.1, -0.05) is 12.1 Å². The van der Waals surface area contributed by atoms with Gasteiger partial charge in [-0.25, -0.2) is 14.1 Å². The predicted molar refractivity (Wildman–Crippen MR) is 53.4 cm³/mol. The van der Waals surface area contributed by atoms with Crippen LogP contribution >= 0.6 is 0 Å². The van der Waals surface area contributed by atoms with Crippen LogP contribution in [0.4, 0.5) is 4.39 Å². The lowest BCUT2D eigenvalue weighted by molar-refractivity contribution is 0.618. The molecule has 0 aliphatic heterocycles. The van der Waals surface area contributed by atoms with Crippen molar-refractivity contribution in [1.82, 2.24) is 14.8 Å². The summed E-state index contributed by atoms with van der Waals surface area (Å²) in [4.78, 5) is 3.99. The maximum absolute atomic E-state index is 12.9. The number of nitrogens with two attached hydrogens (primary N) is 1. The van der Waals surface area contributed by atoms with Gasteiger partial charge < -0.3 is 5.73 Å². The van der Waals surface area contributed by atoms with Crippen molar-refractivity contribution in [2.45, 2.75) is 13.1 Å². The van der Waals surface area contributed by atoms with Crippen molar-refractivity contribution in [3.8, 4) is 0 Å². The van der Waals surface area contributed by atoms with Crippen LogP contribution in [0.5, 0.6) is 0 Å². The summed E-state index contributed by atoms with van der Waals surface area (Å²) in [6.07, 6.45) is 1.59. The van der Waals surface area contributed by atoms with E-state index in [1.165, 1.54) is 12.1 Å². The average Bonchev–Trinajstić information content (AvgIpc) is 2.65. The van der Waals surface area contributed by atoms with Crippen LogP contribution in [-0.2, 0) is 13.1 Å². The van der Waals surface area contributed by atoms with Gasteiger partial charge in [-0.2, -0.15) is 5.10 Å². The fourth-order valence-electron chi connectivity index (χ4n) is 1.33. The van der Waals surface area contributed by atoms with Gasteiger partial charge in [-0.05, 0) is 17.7 Å². The SMILES string of the molecule is NCc1ncn(Cc2cccc(F)c2)n1. The molecular weight excluding hydrogens is 195 g/mol. The fourth-order valence-corrected chi connectivity index (χ4v) is 1.33. The summed E-state index contributed by atoms with van der Waals surface area (Å²) in [7, 11) is 0. The Bertz CT molecular complexity index is 452. The molecule has 15 heavy (non-hydrogen) atoms. The van der Waals surface area contributed by atoms with Crippen LogP contribution < -0.4 is 5.73 Å². The molecule has 4 nitrogen and oxygen atoms in total. The lowest BCUT2D eigenvalue weighted by atomic mass is 10.2. The quantitative estimate of drug-likeness (QED) is 0.812. The summed E-state index contributed by atoms with van der Waals surface area (Å²) >= 11 is 0. The maximum atomic E-state index is 12.9. The Kier molecular flexibility index (Phi) is 2.73. The smallest absolute Gasteiger partial charge is 0.164 e. The van der Waals surface area contributed by atoms with Crippen molar-refractivity contribution in [2.24, 2.45) is 5.73 Å². The molecule has 2 N–H and O–H groups in total. The molecule has 0 amide bonds. The summed E-state index contributed by atoms with van der Waals surface area (Å²) in [6, 6.07) is 6.40. The Morgan fingerprint density at radius 2 is 2.27 bits per heavy atom. The first kappa shape index (κ1) is 9.79. The molecule has 0 bridgehead atoms. The van der Waals surface area contributed by atoms with Crippen molar-refractivity contribution >= 4 is 0 Å². The molecule has 0 atom stereocenters. The number of benzene rings is 1. The normalized spacial score (nSPS) is 10.5. The van der Waals surface area contributed by atoms with Crippen molar-refractivity contribution in [3.05, 3.63) is 47.8 Å². The van der Waals surface area contributed by atoms with E-state index in [1.54, 1.807) is 17.1 Å². The number of halogens is 1. The molecule has 0 unspecified atom stereocenters. The second kappa shape index (κ2) is 4.18. The third-order valence-corrected chi connectivity index (χ3v) is 2.00. The monoisotopic (exact) mass is 206 g/mol. The van der Waals surface area contributed by atoms with Crippen molar-refractivity contribution in [1.29, 1.82) is 0 Å². The molecule has 1 aromatic carbocycles. The van der Waals surface area contributed by atoms with Crippen LogP contribution in [0.25, 0.3) is 0 Å². The van der Waals surface area contributed by atoms with Gasteiger partial charge in [0, 0.05) is 0 Å². The molecule has 78 valence electrons. The summed E-state index contributed by atoms with van der Waals surface area (Å²) in [5.41, 5.74) is 6.23. The van der Waals surface area contributed by atoms with Gasteiger partial charge in [-0.15, -0.1) is 0 Å². The molecule has 0 fully saturated rings. The second-order valence-corrected chi connectivity index (χ2v) is 3.19. The van der Waals surface area contributed by atoms with Crippen LogP contribution in [-0.4, -0.2) is 14.8 Å². The average molecular weight is 206 g/mol. The van der Waals surface area contributed by atoms with E-state index in [9.17, 15) is 4.39 Å². The van der Waals surface area contributed by atoms with Gasteiger partial charge in [0.05, 0.1) is 13.1 Å². The van der Waals surface area contributed by atoms with E-state index in [1.807, 2.05) is 6.07 Å². The molecule has 0 aliphatic rings. The molecule has 5 heteroatoms. The molecule has 2 rings (SSSR count). The number of nitrogens with zero attached hydrogens (tertiary/aromatic N) is 3. The number of hydrogen-bond acceptors (Lipinski definition) is 3. The first-order valence-electron chi connectivity index (χ1n) is 4.61. The van der Waals surface area contributed by atoms with Gasteiger partial charge in [0.2, 0.25) is 0 Å². The zero-order valence-corrected chi connectivity index (χ0v) is 8.10. The minimum atomic E-state index is -0.244. The summed E-state index contributed by atoms with van der Waals surface area (Å²) < 4.78 is 14.5. The van der Waals surface area contributed by atoms with E-state index in [0.29, 0.717) is 18.9 Å². The molecule has 0 saturated carbocycles. The zero-order chi connectivity index (χ0) is 10.7. The predicted octanol–water partition coefficient (Wildman–Crippen LogP) is 0.924. The highest BCUT2D eigenvalue weighted by Crippen LogP contribution is 2.05. The Labute approximate surface area is 86.6 Å². The zero-order valence-electron chi connectivity index (χ0n) is 8.10. The molecule has 0 radical (unpaired) electrons. The highest BCUT2D eigenvalue weighted by Gasteiger charge is 2.00. The minimum Gasteiger partial charge on any atom is -0.324 e. The Hall–Kier alpha value is -1.75. The van der Waals surface area contributed by atoms with E-state index in [-0.39, 0.29) is 5.82 Å². The van der Waals surface area contributed by atoms with E-state index in [2.05, 4.69) is 10.1 Å². The lowest BCUT2D eigenvalue weighted by Crippen LogP contribution is -2.03. The highest BCUT2D eigenvalue weighted by molar-refractivity contribution is 5.16. The van der Waals surface area contributed by atoms with Crippen molar-refractivity contribution in [2.75, 3.05) is 0 Å². The van der Waals surface area contributed by atoms with Crippen LogP contribution in [0, 0.1) is 5.82 Å². The third-order valence-electron chi connectivity index (χ3n) is 2.00. The van der Waals surface area contributed by atoms with Gasteiger partial charge in [-0.3, -0.25) is 0 Å². The number of rotatable bonds is 3. The fraction of sp³-hybridized carbons (Fsp3) is 0.200. The van der Waals surface area contributed by atoms with Gasteiger partial charge in [0.15, 0.2) is 5.82 Å². The summed E-state index contributed by atoms with van der Waals surface area (Å²) in [6.45, 7) is 0.820. The van der Waals surface area contributed by atoms with Crippen molar-refractivity contribution in [3.63, 3.8) is 0 Å². The molecule has 0 spiro atoms. The highest BCUT2D eigenvalue weighted by atomic mass is 19.1. The molecule has 1 aromatic heterocycles. The van der Waals surface area contributed by atoms with Crippen molar-refractivity contribution < 1.29 is 4.39 Å². The van der Waals surface area contributed by atoms with E-state index in [0.717, 1.165) is 5.56 Å². The Morgan fingerprint density at radius 3 is 2.93 bits per heavy atom. The standard InChI is InChI=1S/C10H11FN4/c11-9-3-1-2-8(4-9)6-15-7-13-10(5-12)14-15/h1-4,7H,5-6,12H2. The van der Waals surface area contributed by atoms with Crippen LogP contribution in [0.2, 0.25) is 0 Å². The summed E-state index contributed by atoms with van der Waals surface area (Å²) in [5, 5.41) is 4.11. The number of hydrogen-bond donors (Lipinski definition) is 1. The van der Waals surface area contributed by atoms with E-state index >= 15 is 0 Å². The van der Waals surface area contributed by atoms with Crippen LogP contribution in [0.3, 0.4) is 0 Å². The van der Waals surface area contributed by atoms with E-state index < -0.39 is 0 Å². The third kappa shape index (κ3) is 2.38. The largest absolute Gasteiger partial charge is 0.324 e. The summed E-state index contributed by atoms with van der Waals surface area (Å²) in [5.74, 6) is 0.345. The topological polar surface area (TPSA) is 56.7 Å². The number of aromatic nitrogens is 3. The molecular formula is C10H11FN4. The van der Waals surface area contributed by atoms with Gasteiger partial charge in [0.25, 0.3) is 0 Å². The molecule has 0 saturated heterocycles. The van der Waals surface area contributed by atoms with Gasteiger partial charge >= 0.3 is 0 Å². The molecule has 2 aromatic rings. The van der Waals surface area contributed by atoms with Crippen LogP contribution in [0.1, 0.15) is 11.4 Å². The first-order chi connectivity index (χ1) is 7.28. The lowest BCUT2D eigenvalue weighted by Gasteiger charge is -2.00. The van der Waals surface area contributed by atoms with E-state index in [4.69, 9.17) is 5.73 Å². The molecule has 1 heterocycles. The molecule has 0 aliphatic carbocycles. The maximum Gasteiger partial charge on any atom is 0.164 e. The first-order valence-corrected chi connectivity index (χ1v) is 4.61. The second-order valence-electron chi connectivity index (χ2n) is 3.19. The minimum absolute atomic E-state index is 0.244. The van der Waals surface area contributed by atoms with Crippen LogP contribution in [0.15, 0.2) is 30.6 Å². The Morgan fingerprint density at radius 1 is 1.40 bits per heavy atom. The van der Waals surface area contributed by atoms with Gasteiger partial charge in [0.1, 0.15) is 12.1 Å².